The number of aromatic nitrogens is 1. The number of hydrogen-bond acceptors (Lipinski definition) is 7. The first-order chi connectivity index (χ1) is 10.5. The molecule has 0 fully saturated rings. The van der Waals surface area contributed by atoms with Gasteiger partial charge in [-0.3, -0.25) is 5.43 Å². The van der Waals surface area contributed by atoms with Crippen LogP contribution < -0.4 is 5.43 Å². The maximum atomic E-state index is 11.5. The fourth-order valence-corrected chi connectivity index (χ4v) is 2.43. The minimum Gasteiger partial charge on any atom is -0.478 e. The van der Waals surface area contributed by atoms with Crippen molar-refractivity contribution < 1.29 is 19.4 Å². The van der Waals surface area contributed by atoms with Gasteiger partial charge >= 0.3 is 11.9 Å². The smallest absolute Gasteiger partial charge is 0.350 e. The third kappa shape index (κ3) is 3.67. The van der Waals surface area contributed by atoms with Crippen LogP contribution >= 0.6 is 11.3 Å². The van der Waals surface area contributed by atoms with Crippen LogP contribution in [0.1, 0.15) is 31.3 Å². The van der Waals surface area contributed by atoms with Crippen LogP contribution in [0.25, 0.3) is 0 Å². The number of carbonyl (C=O) groups excluding carboxylic acids is 1. The van der Waals surface area contributed by atoms with Crippen molar-refractivity contribution in [2.45, 2.75) is 6.92 Å². The summed E-state index contributed by atoms with van der Waals surface area (Å²) in [6, 6.07) is 6.27. The maximum absolute atomic E-state index is 11.5. The average molecular weight is 319 g/mol. The molecular weight excluding hydrogens is 306 g/mol. The van der Waals surface area contributed by atoms with Crippen molar-refractivity contribution in [1.29, 1.82) is 0 Å². The number of aryl methyl sites for hydroxylation is 1. The summed E-state index contributed by atoms with van der Waals surface area (Å²) in [7, 11) is 1.31. The summed E-state index contributed by atoms with van der Waals surface area (Å²) < 4.78 is 4.65. The number of carboxylic acid groups (broad SMARTS) is 1. The van der Waals surface area contributed by atoms with Crippen LogP contribution in [0, 0.1) is 6.92 Å². The number of nitrogens with zero attached hydrogens (tertiary/aromatic N) is 2. The molecule has 0 saturated heterocycles. The summed E-state index contributed by atoms with van der Waals surface area (Å²) in [4.78, 5) is 26.8. The monoisotopic (exact) mass is 319 g/mol. The fraction of sp³-hybridized carbons (Fsp3) is 0.143. The van der Waals surface area contributed by atoms with Crippen LogP contribution in [0.15, 0.2) is 29.4 Å². The molecule has 1 aromatic heterocycles. The molecule has 0 aliphatic carbocycles. The van der Waals surface area contributed by atoms with E-state index >= 15 is 0 Å². The van der Waals surface area contributed by atoms with E-state index in [1.165, 1.54) is 25.5 Å². The van der Waals surface area contributed by atoms with Gasteiger partial charge in [-0.15, -0.1) is 0 Å². The van der Waals surface area contributed by atoms with Crippen LogP contribution in [0.4, 0.5) is 5.13 Å². The van der Waals surface area contributed by atoms with E-state index in [9.17, 15) is 9.59 Å². The van der Waals surface area contributed by atoms with Crippen LogP contribution in [-0.4, -0.2) is 35.4 Å². The van der Waals surface area contributed by atoms with Gasteiger partial charge in [0.2, 0.25) is 5.13 Å². The molecule has 0 radical (unpaired) electrons. The van der Waals surface area contributed by atoms with Crippen molar-refractivity contribution >= 4 is 34.6 Å². The number of thiazole rings is 1. The van der Waals surface area contributed by atoms with E-state index in [1.807, 2.05) is 0 Å². The van der Waals surface area contributed by atoms with Gasteiger partial charge in [-0.05, 0) is 24.6 Å². The lowest BCUT2D eigenvalue weighted by molar-refractivity contribution is 0.0604. The van der Waals surface area contributed by atoms with Gasteiger partial charge in [-0.1, -0.05) is 23.5 Å². The third-order valence-corrected chi connectivity index (χ3v) is 3.74. The van der Waals surface area contributed by atoms with E-state index in [4.69, 9.17) is 5.11 Å². The molecule has 0 amide bonds. The van der Waals surface area contributed by atoms with Gasteiger partial charge in [-0.2, -0.15) is 5.10 Å². The summed E-state index contributed by atoms with van der Waals surface area (Å²) in [5, 5.41) is 13.3. The van der Waals surface area contributed by atoms with E-state index in [1.54, 1.807) is 19.1 Å². The molecular formula is C14H13N3O4S. The molecule has 1 heterocycles. The number of carbonyl (C=O) groups is 2. The number of methoxy groups -OCH3 is 1. The number of ether oxygens (including phenoxy) is 1. The number of carboxylic acids is 1. The number of hydrogen-bond donors (Lipinski definition) is 2. The highest BCUT2D eigenvalue weighted by molar-refractivity contribution is 7.17. The zero-order valence-corrected chi connectivity index (χ0v) is 12.7. The summed E-state index contributed by atoms with van der Waals surface area (Å²) >= 11 is 1.15. The highest BCUT2D eigenvalue weighted by atomic mass is 32.1. The fourth-order valence-electron chi connectivity index (χ4n) is 1.60. The quantitative estimate of drug-likeness (QED) is 0.498. The predicted molar refractivity (Wildman–Crippen MR) is 82.8 cm³/mol. The molecule has 0 aliphatic rings. The first kappa shape index (κ1) is 15.6. The Bertz CT molecular complexity index is 722. The summed E-state index contributed by atoms with van der Waals surface area (Å²) in [6.07, 6.45) is 1.53. The Kier molecular flexibility index (Phi) is 4.84. The standard InChI is InChI=1S/C14H13N3O4S/c1-8-11(13(20)21-2)22-14(16-8)17-15-7-9-3-5-10(6-4-9)12(18)19/h3-7H,1-2H3,(H,16,17)(H,18,19). The van der Waals surface area contributed by atoms with Gasteiger partial charge in [0, 0.05) is 0 Å². The van der Waals surface area contributed by atoms with Crippen LogP contribution in [0.5, 0.6) is 0 Å². The maximum Gasteiger partial charge on any atom is 0.350 e. The molecule has 1 aromatic carbocycles. The van der Waals surface area contributed by atoms with Crippen LogP contribution in [-0.2, 0) is 4.74 Å². The second-order valence-corrected chi connectivity index (χ2v) is 5.22. The Morgan fingerprint density at radius 1 is 1.36 bits per heavy atom. The molecule has 0 saturated carbocycles. The zero-order valence-electron chi connectivity index (χ0n) is 11.9. The van der Waals surface area contributed by atoms with Gasteiger partial charge in [0.1, 0.15) is 4.88 Å². The molecule has 2 aromatic rings. The lowest BCUT2D eigenvalue weighted by Crippen LogP contribution is -1.99. The molecule has 22 heavy (non-hydrogen) atoms. The summed E-state index contributed by atoms with van der Waals surface area (Å²) in [6.45, 7) is 1.71. The van der Waals surface area contributed by atoms with Crippen molar-refractivity contribution in [2.24, 2.45) is 5.10 Å². The molecule has 0 atom stereocenters. The van der Waals surface area contributed by atoms with Crippen molar-refractivity contribution in [3.63, 3.8) is 0 Å². The molecule has 7 nitrogen and oxygen atoms in total. The van der Waals surface area contributed by atoms with Gasteiger partial charge < -0.3 is 9.84 Å². The highest BCUT2D eigenvalue weighted by Crippen LogP contribution is 2.23. The third-order valence-electron chi connectivity index (χ3n) is 2.70. The number of esters is 1. The lowest BCUT2D eigenvalue weighted by atomic mass is 10.1. The largest absolute Gasteiger partial charge is 0.478 e. The Morgan fingerprint density at radius 2 is 2.05 bits per heavy atom. The topological polar surface area (TPSA) is 101 Å². The Morgan fingerprint density at radius 3 is 2.64 bits per heavy atom. The number of hydrazone groups is 1. The molecule has 8 heteroatoms. The highest BCUT2D eigenvalue weighted by Gasteiger charge is 2.15. The second-order valence-electron chi connectivity index (χ2n) is 4.22. The SMILES string of the molecule is COC(=O)c1sc(NN=Cc2ccc(C(=O)O)cc2)nc1C. The lowest BCUT2D eigenvalue weighted by Gasteiger charge is -1.96. The number of rotatable bonds is 5. The van der Waals surface area contributed by atoms with Crippen molar-refractivity contribution in [3.05, 3.63) is 46.0 Å². The zero-order chi connectivity index (χ0) is 16.1. The molecule has 2 N–H and O–H groups in total. The summed E-state index contributed by atoms with van der Waals surface area (Å²) in [5.41, 5.74) is 4.24. The predicted octanol–water partition coefficient (Wildman–Crippen LogP) is 2.38. The van der Waals surface area contributed by atoms with Gasteiger partial charge in [0.25, 0.3) is 0 Å². The van der Waals surface area contributed by atoms with Crippen molar-refractivity contribution in [2.75, 3.05) is 12.5 Å². The van der Waals surface area contributed by atoms with E-state index in [0.29, 0.717) is 15.7 Å². The van der Waals surface area contributed by atoms with Crippen molar-refractivity contribution in [1.82, 2.24) is 4.98 Å². The number of nitrogens with one attached hydrogen (secondary N) is 1. The number of aromatic carboxylic acids is 1. The molecule has 0 spiro atoms. The van der Waals surface area contributed by atoms with E-state index in [0.717, 1.165) is 16.9 Å². The molecule has 0 bridgehead atoms. The number of anilines is 1. The van der Waals surface area contributed by atoms with Crippen LogP contribution in [0.3, 0.4) is 0 Å². The average Bonchev–Trinajstić information content (AvgIpc) is 2.88. The van der Waals surface area contributed by atoms with E-state index in [-0.39, 0.29) is 5.56 Å². The minimum absolute atomic E-state index is 0.211. The van der Waals surface area contributed by atoms with Crippen molar-refractivity contribution in [3.8, 4) is 0 Å². The van der Waals surface area contributed by atoms with Gasteiger partial charge in [0.05, 0.1) is 24.6 Å². The molecule has 2 rings (SSSR count). The molecule has 0 aliphatic heterocycles. The molecule has 0 unspecified atom stereocenters. The van der Waals surface area contributed by atoms with Gasteiger partial charge in [0.15, 0.2) is 0 Å². The van der Waals surface area contributed by atoms with E-state index < -0.39 is 11.9 Å². The first-order valence-corrected chi connectivity index (χ1v) is 7.01. The van der Waals surface area contributed by atoms with Crippen LogP contribution in [0.2, 0.25) is 0 Å². The van der Waals surface area contributed by atoms with Gasteiger partial charge in [-0.25, -0.2) is 14.6 Å². The minimum atomic E-state index is -0.977. The molecule has 114 valence electrons. The van der Waals surface area contributed by atoms with E-state index in [2.05, 4.69) is 20.2 Å². The first-order valence-electron chi connectivity index (χ1n) is 6.19. The normalized spacial score (nSPS) is 10.6. The number of benzene rings is 1. The Hall–Kier alpha value is -2.74. The summed E-state index contributed by atoms with van der Waals surface area (Å²) in [5.74, 6) is -1.41. The second kappa shape index (κ2) is 6.81. The Labute approximate surface area is 130 Å². The Balaban J connectivity index is 2.03.